The van der Waals surface area contributed by atoms with E-state index in [0.29, 0.717) is 26.0 Å². The third-order valence-corrected chi connectivity index (χ3v) is 4.44. The number of hydrogen-bond donors (Lipinski definition) is 2. The van der Waals surface area contributed by atoms with Crippen LogP contribution in [-0.4, -0.2) is 31.7 Å². The molecule has 0 radical (unpaired) electrons. The Morgan fingerprint density at radius 2 is 2.09 bits per heavy atom. The summed E-state index contributed by atoms with van der Waals surface area (Å²) in [5.41, 5.74) is -1.05. The SMILES string of the molecule is O=C1NCC2(CCOCC2)C1NCc1cc(C(F)(F)F)co1. The minimum Gasteiger partial charge on any atom is -0.467 e. The van der Waals surface area contributed by atoms with Gasteiger partial charge in [0, 0.05) is 25.2 Å². The van der Waals surface area contributed by atoms with Crippen molar-refractivity contribution in [2.45, 2.75) is 31.6 Å². The van der Waals surface area contributed by atoms with Crippen LogP contribution in [0.1, 0.15) is 24.2 Å². The second kappa shape index (κ2) is 5.58. The molecule has 1 unspecified atom stereocenters. The number of hydrogen-bond acceptors (Lipinski definition) is 4. The van der Waals surface area contributed by atoms with Gasteiger partial charge in [-0.25, -0.2) is 0 Å². The van der Waals surface area contributed by atoms with Crippen LogP contribution in [0.2, 0.25) is 0 Å². The van der Waals surface area contributed by atoms with Gasteiger partial charge in [-0.1, -0.05) is 0 Å². The lowest BCUT2D eigenvalue weighted by atomic mass is 9.76. The van der Waals surface area contributed by atoms with Crippen molar-refractivity contribution in [1.29, 1.82) is 0 Å². The summed E-state index contributed by atoms with van der Waals surface area (Å²) < 4.78 is 47.9. The van der Waals surface area contributed by atoms with E-state index in [4.69, 9.17) is 9.15 Å². The molecule has 8 heteroatoms. The lowest BCUT2D eigenvalue weighted by molar-refractivity contribution is -0.138. The topological polar surface area (TPSA) is 63.5 Å². The molecule has 0 saturated carbocycles. The Morgan fingerprint density at radius 3 is 2.73 bits per heavy atom. The average Bonchev–Trinajstić information content (AvgIpc) is 3.05. The van der Waals surface area contributed by atoms with E-state index in [1.807, 2.05) is 0 Å². The molecule has 0 bridgehead atoms. The fourth-order valence-electron chi connectivity index (χ4n) is 3.12. The van der Waals surface area contributed by atoms with Crippen LogP contribution in [0.15, 0.2) is 16.7 Å². The largest absolute Gasteiger partial charge is 0.467 e. The van der Waals surface area contributed by atoms with Crippen molar-refractivity contribution >= 4 is 5.91 Å². The smallest absolute Gasteiger partial charge is 0.419 e. The second-order valence-corrected chi connectivity index (χ2v) is 5.81. The molecule has 1 aromatic rings. The quantitative estimate of drug-likeness (QED) is 0.890. The van der Waals surface area contributed by atoms with Crippen LogP contribution >= 0.6 is 0 Å². The maximum absolute atomic E-state index is 12.5. The van der Waals surface area contributed by atoms with Crippen molar-refractivity contribution in [3.05, 3.63) is 23.7 Å². The molecule has 1 amide bonds. The molecule has 122 valence electrons. The summed E-state index contributed by atoms with van der Waals surface area (Å²) in [7, 11) is 0. The van der Waals surface area contributed by atoms with Gasteiger partial charge >= 0.3 is 6.18 Å². The van der Waals surface area contributed by atoms with Crippen molar-refractivity contribution in [2.75, 3.05) is 19.8 Å². The van der Waals surface area contributed by atoms with Crippen molar-refractivity contribution in [3.8, 4) is 0 Å². The van der Waals surface area contributed by atoms with Gasteiger partial charge in [0.05, 0.1) is 18.2 Å². The zero-order valence-corrected chi connectivity index (χ0v) is 11.8. The molecular weight excluding hydrogens is 301 g/mol. The molecule has 5 nitrogen and oxygen atoms in total. The molecular formula is C14H17F3N2O3. The van der Waals surface area contributed by atoms with Gasteiger partial charge in [-0.3, -0.25) is 10.1 Å². The van der Waals surface area contributed by atoms with E-state index in [2.05, 4.69) is 10.6 Å². The summed E-state index contributed by atoms with van der Waals surface area (Å²) >= 11 is 0. The number of carbonyl (C=O) groups is 1. The van der Waals surface area contributed by atoms with Gasteiger partial charge in [0.2, 0.25) is 5.91 Å². The predicted molar refractivity (Wildman–Crippen MR) is 69.8 cm³/mol. The van der Waals surface area contributed by atoms with Crippen LogP contribution in [-0.2, 0) is 22.3 Å². The van der Waals surface area contributed by atoms with Gasteiger partial charge < -0.3 is 14.5 Å². The van der Waals surface area contributed by atoms with Gasteiger partial charge in [0.1, 0.15) is 12.0 Å². The van der Waals surface area contributed by atoms with Gasteiger partial charge in [-0.05, 0) is 18.9 Å². The maximum atomic E-state index is 12.5. The third kappa shape index (κ3) is 2.85. The van der Waals surface area contributed by atoms with Gasteiger partial charge in [-0.15, -0.1) is 0 Å². The molecule has 3 heterocycles. The zero-order valence-electron chi connectivity index (χ0n) is 11.8. The second-order valence-electron chi connectivity index (χ2n) is 5.81. The number of carbonyl (C=O) groups excluding carboxylic acids is 1. The molecule has 2 saturated heterocycles. The number of nitrogens with one attached hydrogen (secondary N) is 2. The van der Waals surface area contributed by atoms with E-state index in [-0.39, 0.29) is 23.6 Å². The van der Waals surface area contributed by atoms with E-state index in [9.17, 15) is 18.0 Å². The van der Waals surface area contributed by atoms with Crippen molar-refractivity contribution in [2.24, 2.45) is 5.41 Å². The molecule has 2 fully saturated rings. The molecule has 2 aliphatic heterocycles. The molecule has 2 aliphatic rings. The predicted octanol–water partition coefficient (Wildman–Crippen LogP) is 1.68. The molecule has 1 aromatic heterocycles. The molecule has 0 aromatic carbocycles. The average molecular weight is 318 g/mol. The highest BCUT2D eigenvalue weighted by molar-refractivity contribution is 5.85. The lowest BCUT2D eigenvalue weighted by Crippen LogP contribution is -2.49. The maximum Gasteiger partial charge on any atom is 0.419 e. The molecule has 22 heavy (non-hydrogen) atoms. The number of furan rings is 1. The molecule has 0 aliphatic carbocycles. The summed E-state index contributed by atoms with van der Waals surface area (Å²) in [4.78, 5) is 12.0. The Hall–Kier alpha value is -1.54. The summed E-state index contributed by atoms with van der Waals surface area (Å²) in [6, 6.07) is 0.520. The highest BCUT2D eigenvalue weighted by Crippen LogP contribution is 2.37. The normalized spacial score (nSPS) is 24.7. The Balaban J connectivity index is 1.67. The lowest BCUT2D eigenvalue weighted by Gasteiger charge is -2.36. The minimum atomic E-state index is -4.42. The van der Waals surface area contributed by atoms with Crippen LogP contribution in [0, 0.1) is 5.41 Å². The molecule has 1 spiro atoms. The zero-order chi connectivity index (χ0) is 15.8. The highest BCUT2D eigenvalue weighted by atomic mass is 19.4. The van der Waals surface area contributed by atoms with Gasteiger partial charge in [0.25, 0.3) is 0 Å². The van der Waals surface area contributed by atoms with E-state index in [1.54, 1.807) is 0 Å². The van der Waals surface area contributed by atoms with E-state index in [0.717, 1.165) is 18.9 Å². The number of amides is 1. The van der Waals surface area contributed by atoms with E-state index >= 15 is 0 Å². The molecule has 2 N–H and O–H groups in total. The first-order chi connectivity index (χ1) is 10.4. The first-order valence-electron chi connectivity index (χ1n) is 7.14. The first-order valence-corrected chi connectivity index (χ1v) is 7.14. The highest BCUT2D eigenvalue weighted by Gasteiger charge is 2.48. The van der Waals surface area contributed by atoms with E-state index < -0.39 is 17.8 Å². The summed E-state index contributed by atoms with van der Waals surface area (Å²) in [6.07, 6.45) is -2.24. The summed E-state index contributed by atoms with van der Waals surface area (Å²) in [5.74, 6) is 0.0405. The van der Waals surface area contributed by atoms with Crippen molar-refractivity contribution in [1.82, 2.24) is 10.6 Å². The third-order valence-electron chi connectivity index (χ3n) is 4.44. The number of halogens is 3. The first kappa shape index (κ1) is 15.4. The fraction of sp³-hybridized carbons (Fsp3) is 0.643. The Bertz CT molecular complexity index is 550. The van der Waals surface area contributed by atoms with Crippen LogP contribution in [0.5, 0.6) is 0 Å². The Labute approximate surface area is 125 Å². The van der Waals surface area contributed by atoms with Gasteiger partial charge in [-0.2, -0.15) is 13.2 Å². The Morgan fingerprint density at radius 1 is 1.36 bits per heavy atom. The van der Waals surface area contributed by atoms with Crippen LogP contribution < -0.4 is 10.6 Å². The van der Waals surface area contributed by atoms with Crippen molar-refractivity contribution in [3.63, 3.8) is 0 Å². The van der Waals surface area contributed by atoms with Gasteiger partial charge in [0.15, 0.2) is 0 Å². The number of ether oxygens (including phenoxy) is 1. The molecule has 3 rings (SSSR count). The monoisotopic (exact) mass is 318 g/mol. The number of rotatable bonds is 3. The van der Waals surface area contributed by atoms with Crippen molar-refractivity contribution < 1.29 is 27.1 Å². The van der Waals surface area contributed by atoms with Crippen LogP contribution in [0.4, 0.5) is 13.2 Å². The molecule has 1 atom stereocenters. The Kier molecular flexibility index (Phi) is 3.90. The minimum absolute atomic E-state index is 0.0801. The standard InChI is InChI=1S/C14H17F3N2O3/c15-14(16,17)9-5-10(22-7-9)6-18-11-12(20)19-8-13(11)1-3-21-4-2-13/h5,7,11,18H,1-4,6,8H2,(H,19,20). The van der Waals surface area contributed by atoms with Crippen LogP contribution in [0.3, 0.4) is 0 Å². The fourth-order valence-corrected chi connectivity index (χ4v) is 3.12. The van der Waals surface area contributed by atoms with E-state index in [1.165, 1.54) is 0 Å². The summed E-state index contributed by atoms with van der Waals surface area (Å²) in [6.45, 7) is 1.83. The summed E-state index contributed by atoms with van der Waals surface area (Å²) in [5, 5.41) is 5.87. The number of alkyl halides is 3. The van der Waals surface area contributed by atoms with Crippen LogP contribution in [0.25, 0.3) is 0 Å².